The first kappa shape index (κ1) is 12.0. The van der Waals surface area contributed by atoms with Crippen molar-refractivity contribution in [1.82, 2.24) is 5.16 Å². The molecule has 0 saturated heterocycles. The summed E-state index contributed by atoms with van der Waals surface area (Å²) in [4.78, 5) is 11.4. The molecule has 0 spiro atoms. The van der Waals surface area contributed by atoms with Crippen molar-refractivity contribution in [1.29, 1.82) is 0 Å². The molecular weight excluding hydrogens is 266 g/mol. The molecule has 1 heterocycles. The highest BCUT2D eigenvalue weighted by Gasteiger charge is 2.23. The maximum atomic E-state index is 11.4. The summed E-state index contributed by atoms with van der Waals surface area (Å²) in [6.45, 7) is 4.32. The summed E-state index contributed by atoms with van der Waals surface area (Å²) in [5, 5.41) is 4.08. The number of carbonyl (C=O) groups excluding carboxylic acids is 1. The number of carbonyl (C=O) groups is 1. The van der Waals surface area contributed by atoms with E-state index in [0.29, 0.717) is 30.0 Å². The van der Waals surface area contributed by atoms with Crippen LogP contribution in [0.15, 0.2) is 4.52 Å². The fourth-order valence-electron chi connectivity index (χ4n) is 1.02. The second-order valence-electron chi connectivity index (χ2n) is 2.58. The third-order valence-corrected chi connectivity index (χ3v) is 2.19. The summed E-state index contributed by atoms with van der Waals surface area (Å²) in [5.74, 6) is -0.0972. The van der Waals surface area contributed by atoms with Gasteiger partial charge in [-0.15, -0.1) is 0 Å². The van der Waals surface area contributed by atoms with Gasteiger partial charge in [0.25, 0.3) is 11.6 Å². The van der Waals surface area contributed by atoms with E-state index in [-0.39, 0.29) is 5.76 Å². The molecule has 0 aliphatic heterocycles. The Morgan fingerprint density at radius 3 is 2.73 bits per heavy atom. The van der Waals surface area contributed by atoms with Crippen molar-refractivity contribution in [2.24, 2.45) is 0 Å². The summed E-state index contributed by atoms with van der Waals surface area (Å²) in [6, 6.07) is 0. The number of hydrogen-bond donors (Lipinski definition) is 0. The van der Waals surface area contributed by atoms with Crippen LogP contribution in [0.2, 0.25) is 0 Å². The molecule has 6 heteroatoms. The van der Waals surface area contributed by atoms with Gasteiger partial charge in [0.15, 0.2) is 0 Å². The topological polar surface area (TPSA) is 61.6 Å². The Morgan fingerprint density at radius 2 is 2.20 bits per heavy atom. The van der Waals surface area contributed by atoms with E-state index in [4.69, 9.17) is 14.0 Å². The number of nitrogens with zero attached hydrogens (tertiary/aromatic N) is 1. The van der Waals surface area contributed by atoms with E-state index in [1.165, 1.54) is 0 Å². The van der Waals surface area contributed by atoms with Gasteiger partial charge in [-0.05, 0) is 19.0 Å². The van der Waals surface area contributed by atoms with Crippen molar-refractivity contribution < 1.29 is 18.8 Å². The van der Waals surface area contributed by atoms with Crippen LogP contribution in [0.5, 0.6) is 5.88 Å². The number of halogens is 1. The summed E-state index contributed by atoms with van der Waals surface area (Å²) in [7, 11) is 0. The molecule has 0 aromatic carbocycles. The van der Waals surface area contributed by atoms with Gasteiger partial charge in [-0.25, -0.2) is 4.79 Å². The average molecular weight is 278 g/mol. The Kier molecular flexibility index (Phi) is 4.61. The lowest BCUT2D eigenvalue weighted by Gasteiger charge is -2.00. The van der Waals surface area contributed by atoms with Crippen LogP contribution >= 0.6 is 15.9 Å². The second kappa shape index (κ2) is 5.75. The summed E-state index contributed by atoms with van der Waals surface area (Å²) >= 11 is 3.24. The van der Waals surface area contributed by atoms with E-state index >= 15 is 0 Å². The smallest absolute Gasteiger partial charge is 0.377 e. The first-order valence-electron chi connectivity index (χ1n) is 4.59. The van der Waals surface area contributed by atoms with Gasteiger partial charge in [0.1, 0.15) is 0 Å². The van der Waals surface area contributed by atoms with Gasteiger partial charge in [-0.2, -0.15) is 0 Å². The lowest BCUT2D eigenvalue weighted by molar-refractivity contribution is 0.0478. The molecule has 1 aromatic heterocycles. The largest absolute Gasteiger partial charge is 0.476 e. The van der Waals surface area contributed by atoms with Crippen LogP contribution in [0.3, 0.4) is 0 Å². The van der Waals surface area contributed by atoms with E-state index in [1.807, 2.05) is 6.92 Å². The molecule has 5 nitrogen and oxygen atoms in total. The Balaban J connectivity index is 2.92. The van der Waals surface area contributed by atoms with Gasteiger partial charge in [0, 0.05) is 5.33 Å². The van der Waals surface area contributed by atoms with Crippen LogP contribution < -0.4 is 4.74 Å². The van der Waals surface area contributed by atoms with Gasteiger partial charge >= 0.3 is 5.97 Å². The van der Waals surface area contributed by atoms with Crippen LogP contribution in [0.4, 0.5) is 0 Å². The van der Waals surface area contributed by atoms with Crippen LogP contribution in [-0.4, -0.2) is 24.3 Å². The van der Waals surface area contributed by atoms with Crippen LogP contribution in [-0.2, 0) is 10.1 Å². The molecule has 1 rings (SSSR count). The van der Waals surface area contributed by atoms with Gasteiger partial charge in [-0.1, -0.05) is 15.9 Å². The van der Waals surface area contributed by atoms with Crippen LogP contribution in [0, 0.1) is 0 Å². The molecule has 0 fully saturated rings. The molecule has 0 aliphatic carbocycles. The SMILES string of the molecule is CCOC(=O)c1onc(OCC)c1CBr. The first-order chi connectivity index (χ1) is 7.24. The van der Waals surface area contributed by atoms with Crippen LogP contribution in [0.25, 0.3) is 0 Å². The molecule has 0 atom stereocenters. The zero-order valence-corrected chi connectivity index (χ0v) is 10.2. The number of rotatable bonds is 5. The van der Waals surface area contributed by atoms with Gasteiger partial charge in [0.05, 0.1) is 18.8 Å². The zero-order chi connectivity index (χ0) is 11.3. The molecule has 0 amide bonds. The predicted molar refractivity (Wildman–Crippen MR) is 56.3 cm³/mol. The monoisotopic (exact) mass is 277 g/mol. The maximum absolute atomic E-state index is 11.4. The number of ether oxygens (including phenoxy) is 2. The van der Waals surface area contributed by atoms with E-state index < -0.39 is 5.97 Å². The van der Waals surface area contributed by atoms with Gasteiger partial charge < -0.3 is 14.0 Å². The molecule has 0 N–H and O–H groups in total. The second-order valence-corrected chi connectivity index (χ2v) is 3.14. The molecule has 1 aromatic rings. The number of aromatic nitrogens is 1. The molecule has 84 valence electrons. The minimum absolute atomic E-state index is 0.0946. The third-order valence-electron chi connectivity index (χ3n) is 1.63. The van der Waals surface area contributed by atoms with Crippen molar-refractivity contribution in [3.63, 3.8) is 0 Å². The quantitative estimate of drug-likeness (QED) is 0.610. The highest BCUT2D eigenvalue weighted by molar-refractivity contribution is 9.08. The minimum atomic E-state index is -0.523. The van der Waals surface area contributed by atoms with E-state index in [0.717, 1.165) is 0 Å². The van der Waals surface area contributed by atoms with Crippen molar-refractivity contribution in [3.05, 3.63) is 11.3 Å². The highest BCUT2D eigenvalue weighted by Crippen LogP contribution is 2.24. The molecular formula is C9H12BrNO4. The predicted octanol–water partition coefficient (Wildman–Crippen LogP) is 2.14. The Hall–Kier alpha value is -1.04. The standard InChI is InChI=1S/C9H12BrNO4/c1-3-13-8-6(5-10)7(15-11-8)9(12)14-4-2/h3-5H2,1-2H3. The molecule has 0 aliphatic rings. The van der Waals surface area contributed by atoms with Crippen molar-refractivity contribution in [3.8, 4) is 5.88 Å². The normalized spacial score (nSPS) is 10.1. The number of hydrogen-bond acceptors (Lipinski definition) is 5. The number of alkyl halides is 1. The average Bonchev–Trinajstić information content (AvgIpc) is 2.62. The lowest BCUT2D eigenvalue weighted by Crippen LogP contribution is -2.06. The maximum Gasteiger partial charge on any atom is 0.377 e. The van der Waals surface area contributed by atoms with Crippen molar-refractivity contribution >= 4 is 21.9 Å². The highest BCUT2D eigenvalue weighted by atomic mass is 79.9. The Morgan fingerprint density at radius 1 is 1.47 bits per heavy atom. The van der Waals surface area contributed by atoms with Crippen molar-refractivity contribution in [2.45, 2.75) is 19.2 Å². The molecule has 0 bridgehead atoms. The summed E-state index contributed by atoms with van der Waals surface area (Å²) < 4.78 is 14.9. The zero-order valence-electron chi connectivity index (χ0n) is 8.58. The minimum Gasteiger partial charge on any atom is -0.476 e. The molecule has 0 radical (unpaired) electrons. The van der Waals surface area contributed by atoms with E-state index in [2.05, 4.69) is 21.1 Å². The fraction of sp³-hybridized carbons (Fsp3) is 0.556. The summed E-state index contributed by atoms with van der Waals surface area (Å²) in [5.41, 5.74) is 0.579. The van der Waals surface area contributed by atoms with E-state index in [1.54, 1.807) is 6.92 Å². The Bertz CT molecular complexity index is 337. The van der Waals surface area contributed by atoms with Gasteiger partial charge in [-0.3, -0.25) is 0 Å². The van der Waals surface area contributed by atoms with E-state index in [9.17, 15) is 4.79 Å². The first-order valence-corrected chi connectivity index (χ1v) is 5.71. The molecule has 15 heavy (non-hydrogen) atoms. The lowest BCUT2D eigenvalue weighted by atomic mass is 10.3. The third kappa shape index (κ3) is 2.71. The van der Waals surface area contributed by atoms with Crippen LogP contribution in [0.1, 0.15) is 30.0 Å². The Labute approximate surface area is 95.8 Å². The molecule has 0 saturated carbocycles. The molecule has 0 unspecified atom stereocenters. The number of esters is 1. The summed E-state index contributed by atoms with van der Waals surface area (Å²) in [6.07, 6.45) is 0. The van der Waals surface area contributed by atoms with Gasteiger partial charge in [0.2, 0.25) is 0 Å². The fourth-order valence-corrected chi connectivity index (χ4v) is 1.51. The van der Waals surface area contributed by atoms with Crippen molar-refractivity contribution in [2.75, 3.05) is 13.2 Å².